The first kappa shape index (κ1) is 12.1. The van der Waals surface area contributed by atoms with Crippen molar-refractivity contribution < 1.29 is 18.7 Å². The van der Waals surface area contributed by atoms with Gasteiger partial charge in [-0.05, 0) is 12.1 Å². The predicted molar refractivity (Wildman–Crippen MR) is 56.5 cm³/mol. The molecule has 0 spiro atoms. The van der Waals surface area contributed by atoms with Crippen molar-refractivity contribution >= 4 is 5.97 Å². The number of esters is 1. The largest absolute Gasteiger partial charge is 0.495 e. The Balaban J connectivity index is 2.84. The summed E-state index contributed by atoms with van der Waals surface area (Å²) in [5, 5.41) is 0. The standard InChI is InChI=1S/C12H11FO3/c1-15-11-8-10(13)7-6-9(11)4-3-5-12(14)16-2/h6-8H,5H2,1-2H3. The molecule has 0 aliphatic rings. The second kappa shape index (κ2) is 5.76. The van der Waals surface area contributed by atoms with Gasteiger partial charge in [0.1, 0.15) is 18.0 Å². The summed E-state index contributed by atoms with van der Waals surface area (Å²) in [6.45, 7) is 0. The molecule has 1 rings (SSSR count). The Morgan fingerprint density at radius 2 is 2.19 bits per heavy atom. The van der Waals surface area contributed by atoms with Crippen LogP contribution < -0.4 is 4.74 Å². The van der Waals surface area contributed by atoms with Gasteiger partial charge in [0.05, 0.1) is 19.8 Å². The minimum Gasteiger partial charge on any atom is -0.495 e. The van der Waals surface area contributed by atoms with Crippen molar-refractivity contribution in [3.8, 4) is 17.6 Å². The maximum Gasteiger partial charge on any atom is 0.317 e. The first-order chi connectivity index (χ1) is 7.67. The van der Waals surface area contributed by atoms with E-state index in [0.717, 1.165) is 0 Å². The van der Waals surface area contributed by atoms with Gasteiger partial charge >= 0.3 is 5.97 Å². The van der Waals surface area contributed by atoms with E-state index in [-0.39, 0.29) is 6.42 Å². The van der Waals surface area contributed by atoms with E-state index in [9.17, 15) is 9.18 Å². The molecule has 0 aliphatic heterocycles. The number of carbonyl (C=O) groups is 1. The van der Waals surface area contributed by atoms with Crippen LogP contribution >= 0.6 is 0 Å². The molecule has 84 valence electrons. The first-order valence-corrected chi connectivity index (χ1v) is 4.56. The van der Waals surface area contributed by atoms with E-state index in [2.05, 4.69) is 16.6 Å². The lowest BCUT2D eigenvalue weighted by molar-refractivity contribution is -0.139. The molecule has 0 saturated carbocycles. The average molecular weight is 222 g/mol. The topological polar surface area (TPSA) is 35.5 Å². The summed E-state index contributed by atoms with van der Waals surface area (Å²) >= 11 is 0. The smallest absolute Gasteiger partial charge is 0.317 e. The van der Waals surface area contributed by atoms with Crippen molar-refractivity contribution in [2.75, 3.05) is 14.2 Å². The fourth-order valence-corrected chi connectivity index (χ4v) is 1.05. The fourth-order valence-electron chi connectivity index (χ4n) is 1.05. The molecule has 0 fully saturated rings. The lowest BCUT2D eigenvalue weighted by atomic mass is 10.2. The molecule has 1 aromatic rings. The molecule has 0 aliphatic carbocycles. The molecule has 0 radical (unpaired) electrons. The lowest BCUT2D eigenvalue weighted by Crippen LogP contribution is -1.97. The summed E-state index contributed by atoms with van der Waals surface area (Å²) in [6.07, 6.45) is -0.00295. The Kier molecular flexibility index (Phi) is 4.34. The molecule has 0 heterocycles. The van der Waals surface area contributed by atoms with Gasteiger partial charge in [0.2, 0.25) is 0 Å². The van der Waals surface area contributed by atoms with Crippen molar-refractivity contribution in [1.29, 1.82) is 0 Å². The first-order valence-electron chi connectivity index (χ1n) is 4.56. The van der Waals surface area contributed by atoms with Crippen LogP contribution in [0.1, 0.15) is 12.0 Å². The van der Waals surface area contributed by atoms with Gasteiger partial charge < -0.3 is 9.47 Å². The number of carbonyl (C=O) groups excluding carboxylic acids is 1. The highest BCUT2D eigenvalue weighted by atomic mass is 19.1. The van der Waals surface area contributed by atoms with Crippen molar-refractivity contribution in [3.05, 3.63) is 29.6 Å². The molecule has 16 heavy (non-hydrogen) atoms. The van der Waals surface area contributed by atoms with Gasteiger partial charge in [0, 0.05) is 6.07 Å². The number of halogens is 1. The van der Waals surface area contributed by atoms with E-state index in [1.54, 1.807) is 0 Å². The third-order valence-electron chi connectivity index (χ3n) is 1.85. The Labute approximate surface area is 93.2 Å². The van der Waals surface area contributed by atoms with E-state index in [0.29, 0.717) is 11.3 Å². The van der Waals surface area contributed by atoms with Gasteiger partial charge in [0.15, 0.2) is 0 Å². The van der Waals surface area contributed by atoms with Crippen LogP contribution in [0, 0.1) is 17.7 Å². The number of benzene rings is 1. The van der Waals surface area contributed by atoms with Crippen LogP contribution in [0.2, 0.25) is 0 Å². The van der Waals surface area contributed by atoms with E-state index < -0.39 is 11.8 Å². The third kappa shape index (κ3) is 3.28. The number of hydrogen-bond acceptors (Lipinski definition) is 3. The number of ether oxygens (including phenoxy) is 2. The summed E-state index contributed by atoms with van der Waals surface area (Å²) in [5.41, 5.74) is 0.535. The van der Waals surface area contributed by atoms with Crippen LogP contribution in [-0.4, -0.2) is 20.2 Å². The summed E-state index contributed by atoms with van der Waals surface area (Å²) in [5.74, 6) is 4.88. The quantitative estimate of drug-likeness (QED) is 0.565. The average Bonchev–Trinajstić information content (AvgIpc) is 2.30. The van der Waals surface area contributed by atoms with Gasteiger partial charge in [-0.1, -0.05) is 11.8 Å². The summed E-state index contributed by atoms with van der Waals surface area (Å²) < 4.78 is 22.2. The Morgan fingerprint density at radius 1 is 1.44 bits per heavy atom. The zero-order valence-electron chi connectivity index (χ0n) is 9.04. The second-order valence-electron chi connectivity index (χ2n) is 2.90. The zero-order chi connectivity index (χ0) is 12.0. The van der Waals surface area contributed by atoms with Crippen LogP contribution in [0.25, 0.3) is 0 Å². The monoisotopic (exact) mass is 222 g/mol. The van der Waals surface area contributed by atoms with Crippen molar-refractivity contribution in [2.45, 2.75) is 6.42 Å². The number of rotatable bonds is 2. The highest BCUT2D eigenvalue weighted by Crippen LogP contribution is 2.18. The molecular weight excluding hydrogens is 211 g/mol. The molecule has 3 nitrogen and oxygen atoms in total. The second-order valence-corrected chi connectivity index (χ2v) is 2.90. The highest BCUT2D eigenvalue weighted by molar-refractivity contribution is 5.72. The number of methoxy groups -OCH3 is 2. The molecular formula is C12H11FO3. The van der Waals surface area contributed by atoms with Crippen molar-refractivity contribution in [3.63, 3.8) is 0 Å². The van der Waals surface area contributed by atoms with Crippen LogP contribution in [0.15, 0.2) is 18.2 Å². The minimum absolute atomic E-state index is 0.00295. The van der Waals surface area contributed by atoms with Crippen molar-refractivity contribution in [1.82, 2.24) is 0 Å². The van der Waals surface area contributed by atoms with Gasteiger partial charge in [-0.2, -0.15) is 0 Å². The summed E-state index contributed by atoms with van der Waals surface area (Å²) in [6, 6.07) is 4.02. The maximum atomic E-state index is 12.8. The molecule has 1 aromatic carbocycles. The van der Waals surface area contributed by atoms with Gasteiger partial charge in [-0.25, -0.2) is 4.39 Å². The molecule has 0 amide bonds. The predicted octanol–water partition coefficient (Wildman–Crippen LogP) is 1.75. The maximum absolute atomic E-state index is 12.8. The fraction of sp³-hybridized carbons (Fsp3) is 0.250. The van der Waals surface area contributed by atoms with Crippen molar-refractivity contribution in [2.24, 2.45) is 0 Å². The minimum atomic E-state index is -0.409. The molecule has 0 N–H and O–H groups in total. The lowest BCUT2D eigenvalue weighted by Gasteiger charge is -2.02. The zero-order valence-corrected chi connectivity index (χ0v) is 9.04. The molecule has 4 heteroatoms. The summed E-state index contributed by atoms with van der Waals surface area (Å²) in [4.78, 5) is 10.8. The van der Waals surface area contributed by atoms with Gasteiger partial charge in [-0.3, -0.25) is 4.79 Å². The van der Waals surface area contributed by atoms with Gasteiger partial charge in [0.25, 0.3) is 0 Å². The van der Waals surface area contributed by atoms with E-state index in [4.69, 9.17) is 4.74 Å². The highest BCUT2D eigenvalue weighted by Gasteiger charge is 2.01. The van der Waals surface area contributed by atoms with Gasteiger partial charge in [-0.15, -0.1) is 0 Å². The Morgan fingerprint density at radius 3 is 2.81 bits per heavy atom. The van der Waals surface area contributed by atoms with E-state index >= 15 is 0 Å². The number of hydrogen-bond donors (Lipinski definition) is 0. The molecule has 0 aromatic heterocycles. The Hall–Kier alpha value is -2.02. The third-order valence-corrected chi connectivity index (χ3v) is 1.85. The van der Waals surface area contributed by atoms with Crippen LogP contribution in [0.3, 0.4) is 0 Å². The SMILES string of the molecule is COC(=O)CC#Cc1ccc(F)cc1OC. The Bertz CT molecular complexity index is 443. The molecule has 0 bridgehead atoms. The van der Waals surface area contributed by atoms with Crippen LogP contribution in [0.4, 0.5) is 4.39 Å². The summed E-state index contributed by atoms with van der Waals surface area (Å²) in [7, 11) is 2.72. The molecule has 0 atom stereocenters. The molecule has 0 saturated heterocycles. The van der Waals surface area contributed by atoms with E-state index in [1.165, 1.54) is 32.4 Å². The van der Waals surface area contributed by atoms with Crippen LogP contribution in [-0.2, 0) is 9.53 Å². The van der Waals surface area contributed by atoms with E-state index in [1.807, 2.05) is 0 Å². The molecule has 0 unspecified atom stereocenters. The normalized spacial score (nSPS) is 8.94. The van der Waals surface area contributed by atoms with Crippen LogP contribution in [0.5, 0.6) is 5.75 Å².